The Morgan fingerprint density at radius 3 is 1.25 bits per heavy atom. The lowest BCUT2D eigenvalue weighted by Crippen LogP contribution is -2.23. The summed E-state index contributed by atoms with van der Waals surface area (Å²) in [6, 6.07) is 12.3. The smallest absolute Gasteiger partial charge is 0.308 e. The largest absolute Gasteiger partial charge is 0.423 e. The highest BCUT2D eigenvalue weighted by Crippen LogP contribution is 2.26. The number of ether oxygens (including phenoxy) is 4. The van der Waals surface area contributed by atoms with E-state index in [0.717, 1.165) is 22.5 Å². The molecule has 0 spiro atoms. The highest BCUT2D eigenvalue weighted by atomic mass is 28.2. The van der Waals surface area contributed by atoms with Gasteiger partial charge in [-0.05, 0) is 22.5 Å². The maximum atomic E-state index is 11.5. The highest BCUT2D eigenvalue weighted by molar-refractivity contribution is 6.60. The Balaban J connectivity index is 2.13. The molecule has 0 saturated heterocycles. The third-order valence-electron chi connectivity index (χ3n) is 4.26. The lowest BCUT2D eigenvalue weighted by atomic mass is 10.3. The van der Waals surface area contributed by atoms with Crippen molar-refractivity contribution in [2.24, 2.45) is 0 Å². The van der Waals surface area contributed by atoms with Crippen LogP contribution in [-0.2, 0) is 19.2 Å². The van der Waals surface area contributed by atoms with Crippen molar-refractivity contribution >= 4 is 53.3 Å². The van der Waals surface area contributed by atoms with Crippen LogP contribution in [0, 0.1) is 0 Å². The van der Waals surface area contributed by atoms with Gasteiger partial charge in [0.2, 0.25) is 0 Å². The zero-order valence-corrected chi connectivity index (χ0v) is 21.4. The molecular formula is C22H26O8Si2. The normalized spacial score (nSPS) is 11.0. The van der Waals surface area contributed by atoms with E-state index in [4.69, 9.17) is 18.9 Å². The molecule has 0 aliphatic heterocycles. The second kappa shape index (κ2) is 12.0. The van der Waals surface area contributed by atoms with Gasteiger partial charge in [0.05, 0.1) is 19.0 Å². The Bertz CT molecular complexity index is 937. The summed E-state index contributed by atoms with van der Waals surface area (Å²) in [6.07, 6.45) is 0. The van der Waals surface area contributed by atoms with E-state index >= 15 is 0 Å². The average Bonchev–Trinajstić information content (AvgIpc) is 2.68. The van der Waals surface area contributed by atoms with Crippen LogP contribution in [0.1, 0.15) is 27.7 Å². The standard InChI is InChI=1S/C22H26O8Si2/c1-13(23)27-17-7-5-9-19(21(17)29-15(3)25)31-11-12-32-20-10-6-8-18(28-14(2)24)22(20)30-16(4)26/h5-10H,11-12,31-32H2,1-4H3. The average molecular weight is 475 g/mol. The Kier molecular flexibility index (Phi) is 9.35. The van der Waals surface area contributed by atoms with Gasteiger partial charge in [-0.2, -0.15) is 0 Å². The fourth-order valence-electron chi connectivity index (χ4n) is 3.14. The van der Waals surface area contributed by atoms with Crippen LogP contribution in [-0.4, -0.2) is 42.9 Å². The van der Waals surface area contributed by atoms with E-state index in [1.54, 1.807) is 24.3 Å². The number of para-hydroxylation sites is 2. The topological polar surface area (TPSA) is 105 Å². The first-order valence-corrected chi connectivity index (χ1v) is 13.6. The molecule has 0 radical (unpaired) electrons. The second-order valence-electron chi connectivity index (χ2n) is 7.07. The number of carbonyl (C=O) groups excluding carboxylic acids is 4. The van der Waals surface area contributed by atoms with E-state index in [0.29, 0.717) is 11.5 Å². The quantitative estimate of drug-likeness (QED) is 0.224. The number of hydrogen-bond acceptors (Lipinski definition) is 8. The molecule has 8 nitrogen and oxygen atoms in total. The lowest BCUT2D eigenvalue weighted by Gasteiger charge is -2.14. The summed E-state index contributed by atoms with van der Waals surface area (Å²) in [7, 11) is -1.69. The van der Waals surface area contributed by atoms with Crippen LogP contribution in [0.15, 0.2) is 36.4 Å². The number of benzene rings is 2. The molecule has 0 N–H and O–H groups in total. The minimum absolute atomic E-state index is 0.237. The van der Waals surface area contributed by atoms with Crippen LogP contribution in [0.4, 0.5) is 0 Å². The molecule has 0 bridgehead atoms. The minimum atomic E-state index is -0.843. The van der Waals surface area contributed by atoms with E-state index in [1.807, 2.05) is 12.1 Å². The molecule has 0 fully saturated rings. The van der Waals surface area contributed by atoms with Crippen LogP contribution < -0.4 is 29.3 Å². The van der Waals surface area contributed by atoms with Gasteiger partial charge in [0.25, 0.3) is 0 Å². The SMILES string of the molecule is CC(=O)Oc1cccc([SiH2]CC[SiH2]c2cccc(OC(C)=O)c2OC(C)=O)c1OC(C)=O. The van der Waals surface area contributed by atoms with Gasteiger partial charge < -0.3 is 18.9 Å². The van der Waals surface area contributed by atoms with Crippen molar-refractivity contribution < 1.29 is 38.1 Å². The molecule has 0 atom stereocenters. The Hall–Kier alpha value is -3.25. The fraction of sp³-hybridized carbons (Fsp3) is 0.273. The first kappa shape index (κ1) is 25.0. The number of hydrogen-bond donors (Lipinski definition) is 0. The summed E-state index contributed by atoms with van der Waals surface area (Å²) in [5.41, 5.74) is 0. The highest BCUT2D eigenvalue weighted by Gasteiger charge is 2.17. The van der Waals surface area contributed by atoms with Crippen molar-refractivity contribution in [1.29, 1.82) is 0 Å². The molecule has 32 heavy (non-hydrogen) atoms. The monoisotopic (exact) mass is 474 g/mol. The van der Waals surface area contributed by atoms with Crippen LogP contribution >= 0.6 is 0 Å². The van der Waals surface area contributed by atoms with E-state index < -0.39 is 42.9 Å². The predicted molar refractivity (Wildman–Crippen MR) is 124 cm³/mol. The van der Waals surface area contributed by atoms with Crippen molar-refractivity contribution in [3.8, 4) is 23.0 Å². The number of esters is 4. The molecule has 0 amide bonds. The molecule has 0 saturated carbocycles. The second-order valence-corrected chi connectivity index (χ2v) is 11.0. The van der Waals surface area contributed by atoms with Gasteiger partial charge in [0, 0.05) is 27.7 Å². The third kappa shape index (κ3) is 7.78. The molecular weight excluding hydrogens is 448 g/mol. The molecule has 170 valence electrons. The van der Waals surface area contributed by atoms with Gasteiger partial charge in [-0.15, -0.1) is 0 Å². The van der Waals surface area contributed by atoms with Gasteiger partial charge in [-0.25, -0.2) is 0 Å². The number of carbonyl (C=O) groups is 4. The summed E-state index contributed by atoms with van der Waals surface area (Å²) < 4.78 is 21.0. The molecule has 10 heteroatoms. The van der Waals surface area contributed by atoms with E-state index in [-0.39, 0.29) is 11.5 Å². The molecule has 2 aromatic rings. The minimum Gasteiger partial charge on any atom is -0.423 e. The maximum absolute atomic E-state index is 11.5. The van der Waals surface area contributed by atoms with Gasteiger partial charge in [0.1, 0.15) is 0 Å². The summed E-state index contributed by atoms with van der Waals surface area (Å²) in [4.78, 5) is 45.8. The van der Waals surface area contributed by atoms with Crippen LogP contribution in [0.2, 0.25) is 12.1 Å². The Morgan fingerprint density at radius 1 is 0.594 bits per heavy atom. The van der Waals surface area contributed by atoms with Crippen molar-refractivity contribution in [1.82, 2.24) is 0 Å². The summed E-state index contributed by atoms with van der Waals surface area (Å²) in [6.45, 7) is 5.18. The zero-order valence-electron chi connectivity index (χ0n) is 18.6. The van der Waals surface area contributed by atoms with E-state index in [9.17, 15) is 19.2 Å². The van der Waals surface area contributed by atoms with Gasteiger partial charge in [0.15, 0.2) is 23.0 Å². The zero-order chi connectivity index (χ0) is 23.7. The molecule has 0 aliphatic carbocycles. The van der Waals surface area contributed by atoms with Gasteiger partial charge in [-0.1, -0.05) is 36.4 Å². The molecule has 0 aliphatic rings. The Labute approximate surface area is 190 Å². The molecule has 0 heterocycles. The first-order chi connectivity index (χ1) is 15.2. The first-order valence-electron chi connectivity index (χ1n) is 10.1. The van der Waals surface area contributed by atoms with Gasteiger partial charge in [-0.3, -0.25) is 19.2 Å². The summed E-state index contributed by atoms with van der Waals surface area (Å²) in [5, 5.41) is 1.78. The van der Waals surface area contributed by atoms with E-state index in [1.165, 1.54) is 27.7 Å². The molecule has 2 aromatic carbocycles. The lowest BCUT2D eigenvalue weighted by molar-refractivity contribution is -0.134. The van der Waals surface area contributed by atoms with Crippen LogP contribution in [0.3, 0.4) is 0 Å². The van der Waals surface area contributed by atoms with Crippen molar-refractivity contribution in [2.45, 2.75) is 39.8 Å². The van der Waals surface area contributed by atoms with Crippen molar-refractivity contribution in [3.63, 3.8) is 0 Å². The summed E-state index contributed by atoms with van der Waals surface area (Å²) >= 11 is 0. The molecule has 0 unspecified atom stereocenters. The molecule has 0 aromatic heterocycles. The number of rotatable bonds is 9. The fourth-order valence-corrected chi connectivity index (χ4v) is 7.45. The summed E-state index contributed by atoms with van der Waals surface area (Å²) in [5.74, 6) is -0.861. The van der Waals surface area contributed by atoms with Crippen molar-refractivity contribution in [3.05, 3.63) is 36.4 Å². The van der Waals surface area contributed by atoms with Crippen LogP contribution in [0.5, 0.6) is 23.0 Å². The van der Waals surface area contributed by atoms with E-state index in [2.05, 4.69) is 0 Å². The van der Waals surface area contributed by atoms with Gasteiger partial charge >= 0.3 is 23.9 Å². The van der Waals surface area contributed by atoms with Crippen LogP contribution in [0.25, 0.3) is 0 Å². The van der Waals surface area contributed by atoms with Crippen molar-refractivity contribution in [2.75, 3.05) is 0 Å². The Morgan fingerprint density at radius 2 is 0.938 bits per heavy atom. The third-order valence-corrected chi connectivity index (χ3v) is 9.16. The molecule has 2 rings (SSSR count). The maximum Gasteiger partial charge on any atom is 0.308 e. The predicted octanol–water partition coefficient (Wildman–Crippen LogP) is 0.513.